The summed E-state index contributed by atoms with van der Waals surface area (Å²) in [6.07, 6.45) is 3.88. The number of fused-ring (bicyclic) bond motifs is 1. The molecule has 2 heterocycles. The number of aryl methyl sites for hydroxylation is 2. The van der Waals surface area contributed by atoms with Gasteiger partial charge in [0.2, 0.25) is 0 Å². The van der Waals surface area contributed by atoms with Crippen LogP contribution in [0.4, 0.5) is 0 Å². The van der Waals surface area contributed by atoms with Gasteiger partial charge in [-0.25, -0.2) is 0 Å². The molecular weight excluding hydrogens is 292 g/mol. The van der Waals surface area contributed by atoms with E-state index in [9.17, 15) is 0 Å². The van der Waals surface area contributed by atoms with Crippen molar-refractivity contribution in [1.82, 2.24) is 9.88 Å². The zero-order valence-corrected chi connectivity index (χ0v) is 14.7. The third kappa shape index (κ3) is 2.99. The Morgan fingerprint density at radius 3 is 2.75 bits per heavy atom. The van der Waals surface area contributed by atoms with E-state index in [1.807, 2.05) is 0 Å². The van der Waals surface area contributed by atoms with Crippen molar-refractivity contribution in [2.75, 3.05) is 6.54 Å². The van der Waals surface area contributed by atoms with Crippen molar-refractivity contribution < 1.29 is 0 Å². The molecule has 0 spiro atoms. The number of likely N-dealkylation sites (tertiary alicyclic amines) is 1. The third-order valence-corrected chi connectivity index (χ3v) is 5.33. The Balaban J connectivity index is 1.64. The first-order valence-corrected chi connectivity index (χ1v) is 9.08. The van der Waals surface area contributed by atoms with Gasteiger partial charge in [0.05, 0.1) is 6.04 Å². The van der Waals surface area contributed by atoms with Gasteiger partial charge in [-0.2, -0.15) is 0 Å². The standard InChI is InChI=1S/C22H26N2/c1-16-7-5-9-18(13-16)15-24-12-4-3-11-21(24)20-14-19-10-6-8-17(2)22(19)23-20/h5-10,13-14,21,23H,3-4,11-12,15H2,1-2H3. The summed E-state index contributed by atoms with van der Waals surface area (Å²) in [6, 6.07) is 18.4. The topological polar surface area (TPSA) is 19.0 Å². The van der Waals surface area contributed by atoms with Crippen molar-refractivity contribution in [3.63, 3.8) is 0 Å². The van der Waals surface area contributed by atoms with Crippen LogP contribution in [0.25, 0.3) is 10.9 Å². The number of para-hydroxylation sites is 1. The molecule has 2 nitrogen and oxygen atoms in total. The highest BCUT2D eigenvalue weighted by Crippen LogP contribution is 2.34. The second kappa shape index (κ2) is 6.45. The van der Waals surface area contributed by atoms with Crippen LogP contribution in [0.5, 0.6) is 0 Å². The van der Waals surface area contributed by atoms with Gasteiger partial charge in [0.1, 0.15) is 0 Å². The summed E-state index contributed by atoms with van der Waals surface area (Å²) < 4.78 is 0. The monoisotopic (exact) mass is 318 g/mol. The minimum absolute atomic E-state index is 0.506. The van der Waals surface area contributed by atoms with Gasteiger partial charge in [-0.15, -0.1) is 0 Å². The molecular formula is C22H26N2. The van der Waals surface area contributed by atoms with Crippen LogP contribution in [-0.2, 0) is 6.54 Å². The van der Waals surface area contributed by atoms with E-state index in [2.05, 4.69) is 72.3 Å². The fourth-order valence-corrected chi connectivity index (χ4v) is 4.09. The third-order valence-electron chi connectivity index (χ3n) is 5.33. The zero-order valence-electron chi connectivity index (χ0n) is 14.7. The number of hydrogen-bond acceptors (Lipinski definition) is 1. The molecule has 0 bridgehead atoms. The van der Waals surface area contributed by atoms with Crippen molar-refractivity contribution in [3.8, 4) is 0 Å². The quantitative estimate of drug-likeness (QED) is 0.674. The molecule has 3 aromatic rings. The fraction of sp³-hybridized carbons (Fsp3) is 0.364. The summed E-state index contributed by atoms with van der Waals surface area (Å²) in [6.45, 7) is 6.60. The summed E-state index contributed by atoms with van der Waals surface area (Å²) in [5.41, 5.74) is 6.79. The van der Waals surface area contributed by atoms with Crippen LogP contribution in [0.15, 0.2) is 48.5 Å². The lowest BCUT2D eigenvalue weighted by atomic mass is 9.98. The van der Waals surface area contributed by atoms with Gasteiger partial charge < -0.3 is 4.98 Å². The van der Waals surface area contributed by atoms with Gasteiger partial charge in [0.25, 0.3) is 0 Å². The van der Waals surface area contributed by atoms with Crippen LogP contribution < -0.4 is 0 Å². The van der Waals surface area contributed by atoms with Gasteiger partial charge in [-0.3, -0.25) is 4.90 Å². The highest BCUT2D eigenvalue weighted by molar-refractivity contribution is 5.83. The Bertz CT molecular complexity index is 846. The molecule has 1 unspecified atom stereocenters. The molecule has 1 atom stereocenters. The maximum Gasteiger partial charge on any atom is 0.0502 e. The van der Waals surface area contributed by atoms with Gasteiger partial charge >= 0.3 is 0 Å². The minimum Gasteiger partial charge on any atom is -0.357 e. The Labute approximate surface area is 144 Å². The second-order valence-corrected chi connectivity index (χ2v) is 7.23. The van der Waals surface area contributed by atoms with E-state index in [-0.39, 0.29) is 0 Å². The van der Waals surface area contributed by atoms with E-state index in [0.29, 0.717) is 6.04 Å². The normalized spacial score (nSPS) is 19.0. The predicted octanol–water partition coefficient (Wildman–Crippen LogP) is 5.51. The van der Waals surface area contributed by atoms with E-state index < -0.39 is 0 Å². The highest BCUT2D eigenvalue weighted by atomic mass is 15.2. The number of aromatic nitrogens is 1. The SMILES string of the molecule is Cc1cccc(CN2CCCCC2c2cc3cccc(C)c3[nH]2)c1. The van der Waals surface area contributed by atoms with Crippen LogP contribution in [0.1, 0.15) is 47.7 Å². The molecule has 124 valence electrons. The predicted molar refractivity (Wildman–Crippen MR) is 101 cm³/mol. The van der Waals surface area contributed by atoms with Crippen molar-refractivity contribution >= 4 is 10.9 Å². The summed E-state index contributed by atoms with van der Waals surface area (Å²) in [5.74, 6) is 0. The lowest BCUT2D eigenvalue weighted by molar-refractivity contribution is 0.138. The first kappa shape index (κ1) is 15.5. The lowest BCUT2D eigenvalue weighted by Gasteiger charge is -2.35. The number of H-pyrrole nitrogens is 1. The molecule has 1 saturated heterocycles. The van der Waals surface area contributed by atoms with Crippen LogP contribution >= 0.6 is 0 Å². The van der Waals surface area contributed by atoms with Crippen molar-refractivity contribution in [3.05, 3.63) is 70.9 Å². The van der Waals surface area contributed by atoms with Crippen molar-refractivity contribution in [1.29, 1.82) is 0 Å². The van der Waals surface area contributed by atoms with Crippen LogP contribution in [0.2, 0.25) is 0 Å². The van der Waals surface area contributed by atoms with E-state index in [1.54, 1.807) is 0 Å². The molecule has 2 aromatic carbocycles. The number of nitrogens with one attached hydrogen (secondary N) is 1. The number of benzene rings is 2. The molecule has 1 aliphatic heterocycles. The summed E-state index contributed by atoms with van der Waals surface area (Å²) in [7, 11) is 0. The van der Waals surface area contributed by atoms with Crippen LogP contribution in [0.3, 0.4) is 0 Å². The molecule has 0 radical (unpaired) electrons. The second-order valence-electron chi connectivity index (χ2n) is 7.23. The van der Waals surface area contributed by atoms with Crippen LogP contribution in [-0.4, -0.2) is 16.4 Å². The molecule has 1 fully saturated rings. The summed E-state index contributed by atoms with van der Waals surface area (Å²) in [5, 5.41) is 1.34. The molecule has 0 amide bonds. The molecule has 0 aliphatic carbocycles. The van der Waals surface area contributed by atoms with Crippen LogP contribution in [0, 0.1) is 13.8 Å². The number of piperidine rings is 1. The average molecular weight is 318 g/mol. The van der Waals surface area contributed by atoms with Gasteiger partial charge in [-0.05, 0) is 55.8 Å². The van der Waals surface area contributed by atoms with E-state index in [1.165, 1.54) is 59.1 Å². The summed E-state index contributed by atoms with van der Waals surface area (Å²) in [4.78, 5) is 6.37. The lowest BCUT2D eigenvalue weighted by Crippen LogP contribution is -2.33. The Kier molecular flexibility index (Phi) is 4.15. The zero-order chi connectivity index (χ0) is 16.5. The molecule has 24 heavy (non-hydrogen) atoms. The molecule has 1 aliphatic rings. The summed E-state index contributed by atoms with van der Waals surface area (Å²) >= 11 is 0. The number of aromatic amines is 1. The molecule has 4 rings (SSSR count). The highest BCUT2D eigenvalue weighted by Gasteiger charge is 2.25. The maximum absolute atomic E-state index is 3.72. The smallest absolute Gasteiger partial charge is 0.0502 e. The molecule has 1 aromatic heterocycles. The Hall–Kier alpha value is -2.06. The average Bonchev–Trinajstić information content (AvgIpc) is 3.01. The Morgan fingerprint density at radius 2 is 1.92 bits per heavy atom. The Morgan fingerprint density at radius 1 is 1.04 bits per heavy atom. The maximum atomic E-state index is 3.72. The van der Waals surface area contributed by atoms with Crippen molar-refractivity contribution in [2.24, 2.45) is 0 Å². The molecule has 1 N–H and O–H groups in total. The first-order valence-electron chi connectivity index (χ1n) is 9.08. The van der Waals surface area contributed by atoms with E-state index in [0.717, 1.165) is 6.54 Å². The minimum atomic E-state index is 0.506. The van der Waals surface area contributed by atoms with Crippen molar-refractivity contribution in [2.45, 2.75) is 45.7 Å². The largest absolute Gasteiger partial charge is 0.357 e. The van der Waals surface area contributed by atoms with Gasteiger partial charge in [-0.1, -0.05) is 54.4 Å². The number of hydrogen-bond donors (Lipinski definition) is 1. The van der Waals surface area contributed by atoms with E-state index >= 15 is 0 Å². The number of rotatable bonds is 3. The van der Waals surface area contributed by atoms with Gasteiger partial charge in [0, 0.05) is 17.8 Å². The number of nitrogens with zero attached hydrogens (tertiary/aromatic N) is 1. The molecule has 0 saturated carbocycles. The fourth-order valence-electron chi connectivity index (χ4n) is 4.09. The van der Waals surface area contributed by atoms with Gasteiger partial charge in [0.15, 0.2) is 0 Å². The van der Waals surface area contributed by atoms with E-state index in [4.69, 9.17) is 0 Å². The molecule has 2 heteroatoms. The first-order chi connectivity index (χ1) is 11.7.